The minimum absolute atomic E-state index is 0. The van der Waals surface area contributed by atoms with E-state index in [0.717, 1.165) is 90.6 Å². The molecule has 7 N–H and O–H groups in total. The summed E-state index contributed by atoms with van der Waals surface area (Å²) in [7, 11) is 0. The molecule has 5 aliphatic rings. The molecule has 9 rings (SSSR count). The van der Waals surface area contributed by atoms with Crippen molar-refractivity contribution in [2.75, 3.05) is 75.4 Å². The lowest BCUT2D eigenvalue weighted by molar-refractivity contribution is -0.150. The highest BCUT2D eigenvalue weighted by atomic mass is 16.6. The van der Waals surface area contributed by atoms with Crippen LogP contribution in [0.2, 0.25) is 0 Å². The van der Waals surface area contributed by atoms with Crippen LogP contribution in [0, 0.1) is 40.4 Å². The molecule has 8 atom stereocenters. The molecule has 0 bridgehead atoms. The van der Waals surface area contributed by atoms with Gasteiger partial charge in [-0.1, -0.05) is 109 Å². The van der Waals surface area contributed by atoms with Crippen LogP contribution in [-0.4, -0.2) is 118 Å². The topological polar surface area (TPSA) is 271 Å². The van der Waals surface area contributed by atoms with Gasteiger partial charge in [-0.3, -0.25) is 43.7 Å². The molecule has 0 unspecified atom stereocenters. The molecule has 0 aromatic heterocycles. The fourth-order valence-corrected chi connectivity index (χ4v) is 15.4. The Hall–Kier alpha value is -7.76. The van der Waals surface area contributed by atoms with Gasteiger partial charge in [0, 0.05) is 67.1 Å². The van der Waals surface area contributed by atoms with Gasteiger partial charge in [-0.15, -0.1) is 0 Å². The SMILES string of the molecule is C.C[C@H](CC(=O)[C@H](CCC(=O)O)NC(=O)CCOCCOCCOCCOCCNC(=O)CCC(=O)N1Cc2ccccc2C#Cc2ccccc21)C(=O)Nc1ccc2c(c1)[C@@]1(C)CCC[C@](C)(C(=O)NC(=O)[C@@]3(C)CCC[C@]4(C)c5cc(N)ccc5CC[C@@H]34)[C@@H]1CC2. The van der Waals surface area contributed by atoms with E-state index in [1.807, 2.05) is 79.7 Å². The fourth-order valence-electron chi connectivity index (χ4n) is 15.4. The van der Waals surface area contributed by atoms with Crippen molar-refractivity contribution < 1.29 is 62.4 Å². The number of ether oxygens (including phenoxy) is 4. The zero-order valence-corrected chi connectivity index (χ0v) is 54.1. The zero-order chi connectivity index (χ0) is 65.6. The van der Waals surface area contributed by atoms with Gasteiger partial charge in [-0.2, -0.15) is 0 Å². The number of nitrogens with one attached hydrogen (secondary N) is 4. The minimum Gasteiger partial charge on any atom is -0.481 e. The number of benzene rings is 4. The van der Waals surface area contributed by atoms with E-state index in [9.17, 15) is 43.5 Å². The number of hydrogen-bond donors (Lipinski definition) is 6. The number of hydrogen-bond acceptors (Lipinski definition) is 13. The smallest absolute Gasteiger partial charge is 0.303 e. The third-order valence-corrected chi connectivity index (χ3v) is 20.5. The van der Waals surface area contributed by atoms with E-state index in [4.69, 9.17) is 24.7 Å². The first-order chi connectivity index (χ1) is 44.1. The number of carbonyl (C=O) groups is 8. The van der Waals surface area contributed by atoms with Crippen LogP contribution >= 0.6 is 0 Å². The van der Waals surface area contributed by atoms with Gasteiger partial charge in [0.15, 0.2) is 5.78 Å². The summed E-state index contributed by atoms with van der Waals surface area (Å²) in [5.41, 5.74) is 13.4. The molecule has 1 heterocycles. The Morgan fingerprint density at radius 3 is 1.83 bits per heavy atom. The molecule has 500 valence electrons. The maximum absolute atomic E-state index is 14.8. The number of Topliss-reactive ketones (excluding diaryl/α,β-unsaturated/α-hetero) is 1. The van der Waals surface area contributed by atoms with E-state index in [-0.39, 0.29) is 120 Å². The summed E-state index contributed by atoms with van der Waals surface area (Å²) in [6.45, 7) is 12.8. The number of imide groups is 1. The molecule has 0 saturated heterocycles. The summed E-state index contributed by atoms with van der Waals surface area (Å²) in [5, 5.41) is 21.0. The summed E-state index contributed by atoms with van der Waals surface area (Å²) < 4.78 is 22.3. The Balaban J connectivity index is 0.0000111. The average Bonchev–Trinajstić information content (AvgIpc) is 0.729. The minimum atomic E-state index is -1.13. The van der Waals surface area contributed by atoms with Crippen molar-refractivity contribution in [3.63, 3.8) is 0 Å². The number of nitrogen functional groups attached to an aromatic ring is 1. The summed E-state index contributed by atoms with van der Waals surface area (Å²) in [6.07, 6.45) is 7.26. The van der Waals surface area contributed by atoms with E-state index in [2.05, 4.69) is 66.0 Å². The van der Waals surface area contributed by atoms with Crippen molar-refractivity contribution in [3.8, 4) is 11.8 Å². The Morgan fingerprint density at radius 1 is 0.634 bits per heavy atom. The largest absolute Gasteiger partial charge is 0.481 e. The third-order valence-electron chi connectivity index (χ3n) is 20.5. The Labute approximate surface area is 548 Å². The van der Waals surface area contributed by atoms with Crippen LogP contribution in [0.4, 0.5) is 17.1 Å². The van der Waals surface area contributed by atoms with Gasteiger partial charge in [-0.25, -0.2) is 0 Å². The fraction of sp³-hybridized carbons (Fsp3) is 0.541. The number of amides is 6. The van der Waals surface area contributed by atoms with Gasteiger partial charge in [0.1, 0.15) is 0 Å². The molecular formula is C74H96N6O13. The predicted octanol–water partition coefficient (Wildman–Crippen LogP) is 9.45. The van der Waals surface area contributed by atoms with Crippen LogP contribution in [-0.2, 0) is 87.5 Å². The second kappa shape index (κ2) is 31.9. The van der Waals surface area contributed by atoms with Gasteiger partial charge < -0.3 is 50.6 Å². The number of aliphatic carboxylic acids is 1. The number of rotatable bonds is 29. The molecule has 0 spiro atoms. The molecule has 19 heteroatoms. The molecule has 6 amide bonds. The number of carboxylic acids is 1. The van der Waals surface area contributed by atoms with E-state index in [1.54, 1.807) is 11.8 Å². The molecule has 4 aliphatic carbocycles. The Morgan fingerprint density at radius 2 is 1.19 bits per heavy atom. The van der Waals surface area contributed by atoms with Gasteiger partial charge in [-0.05, 0) is 151 Å². The van der Waals surface area contributed by atoms with E-state index in [0.29, 0.717) is 51.5 Å². The first kappa shape index (κ1) is 71.1. The molecule has 2 saturated carbocycles. The second-order valence-electron chi connectivity index (χ2n) is 26.7. The van der Waals surface area contributed by atoms with Crippen molar-refractivity contribution in [3.05, 3.63) is 124 Å². The molecule has 4 aromatic carbocycles. The van der Waals surface area contributed by atoms with E-state index in [1.165, 1.54) is 11.1 Å². The number of nitrogens with zero attached hydrogens (tertiary/aromatic N) is 1. The van der Waals surface area contributed by atoms with E-state index < -0.39 is 51.8 Å². The number of aryl methyl sites for hydroxylation is 2. The van der Waals surface area contributed by atoms with Crippen molar-refractivity contribution in [2.24, 2.45) is 28.6 Å². The first-order valence-electron chi connectivity index (χ1n) is 32.9. The molecule has 2 fully saturated rings. The normalized spacial score (nSPS) is 23.0. The lowest BCUT2D eigenvalue weighted by Crippen LogP contribution is -2.60. The maximum Gasteiger partial charge on any atom is 0.303 e. The quantitative estimate of drug-likeness (QED) is 0.0128. The third kappa shape index (κ3) is 17.0. The molecular weight excluding hydrogens is 1180 g/mol. The van der Waals surface area contributed by atoms with Crippen molar-refractivity contribution >= 4 is 64.3 Å². The highest BCUT2D eigenvalue weighted by Crippen LogP contribution is 2.60. The molecule has 1 aliphatic heterocycles. The lowest BCUT2D eigenvalue weighted by Gasteiger charge is -2.56. The number of para-hydroxylation sites is 1. The Kier molecular flexibility index (Phi) is 24.4. The van der Waals surface area contributed by atoms with Gasteiger partial charge in [0.25, 0.3) is 0 Å². The summed E-state index contributed by atoms with van der Waals surface area (Å²) in [6, 6.07) is 26.2. The van der Waals surface area contributed by atoms with Crippen LogP contribution in [0.1, 0.15) is 171 Å². The van der Waals surface area contributed by atoms with Crippen LogP contribution < -0.4 is 31.9 Å². The van der Waals surface area contributed by atoms with Crippen molar-refractivity contribution in [1.29, 1.82) is 0 Å². The monoisotopic (exact) mass is 1280 g/mol. The van der Waals surface area contributed by atoms with Crippen molar-refractivity contribution in [2.45, 2.75) is 168 Å². The lowest BCUT2D eigenvalue weighted by atomic mass is 9.49. The summed E-state index contributed by atoms with van der Waals surface area (Å²) in [5.74, 6) is 2.21. The van der Waals surface area contributed by atoms with Crippen LogP contribution in [0.15, 0.2) is 84.9 Å². The molecule has 0 radical (unpaired) electrons. The van der Waals surface area contributed by atoms with Crippen LogP contribution in [0.25, 0.3) is 0 Å². The molecule has 4 aromatic rings. The number of ketones is 1. The molecule has 93 heavy (non-hydrogen) atoms. The number of carboxylic acid groups (broad SMARTS) is 1. The summed E-state index contributed by atoms with van der Waals surface area (Å²) >= 11 is 0. The second-order valence-corrected chi connectivity index (χ2v) is 26.7. The summed E-state index contributed by atoms with van der Waals surface area (Å²) in [4.78, 5) is 109. The number of nitrogens with two attached hydrogens (primary N) is 1. The van der Waals surface area contributed by atoms with Crippen LogP contribution in [0.5, 0.6) is 0 Å². The molecule has 19 nitrogen and oxygen atoms in total. The maximum atomic E-state index is 14.8. The first-order valence-corrected chi connectivity index (χ1v) is 32.9. The zero-order valence-electron chi connectivity index (χ0n) is 54.1. The van der Waals surface area contributed by atoms with Gasteiger partial charge >= 0.3 is 5.97 Å². The average molecular weight is 1280 g/mol. The number of anilines is 3. The number of carbonyl (C=O) groups excluding carboxylic acids is 7. The Bertz CT molecular complexity index is 3450. The van der Waals surface area contributed by atoms with Crippen LogP contribution in [0.3, 0.4) is 0 Å². The van der Waals surface area contributed by atoms with Gasteiger partial charge in [0.05, 0.1) is 82.0 Å². The van der Waals surface area contributed by atoms with Crippen molar-refractivity contribution in [1.82, 2.24) is 16.0 Å². The standard InChI is InChI=1S/C73H92N6O13.CH4/c1-48(67(86)76-55-23-19-51-21-26-62-71(3,57(51)46-55)32-11-34-73(62,5)69(88)78-68(87)72(4)33-10-31-70(2)56-45-54(74)22-18-50(56)20-25-61(70)72)44-60(80)58(24-29-66(84)85)77-64(82)30-36-89-38-40-91-42-43-92-41-39-90-37-35-75-63(81)27-28-65(83)79-47-53-14-7-6-12-49(53)16-17-52-13-8-9-15-59(52)79;/h6-9,12-15,18-19,22-23,45-46,48,58,61-62H,10-11,20-21,24-44,47,74H2,1-5H3,(H,75,81)(H,76,86)(H,77,82)(H,84,85)(H,78,87,88);1H4/t48-,58+,61-,62-,70-,71-,72+,73+;/m1./s1. The van der Waals surface area contributed by atoms with Gasteiger partial charge in [0.2, 0.25) is 35.4 Å². The highest BCUT2D eigenvalue weighted by molar-refractivity contribution is 6.01. The highest BCUT2D eigenvalue weighted by Gasteiger charge is 2.58. The predicted molar refractivity (Wildman–Crippen MR) is 356 cm³/mol. The van der Waals surface area contributed by atoms with E-state index >= 15 is 0 Å². The number of fused-ring (bicyclic) bond motifs is 8.